The van der Waals surface area contributed by atoms with Gasteiger partial charge < -0.3 is 4.57 Å². The highest BCUT2D eigenvalue weighted by molar-refractivity contribution is 6.10. The summed E-state index contributed by atoms with van der Waals surface area (Å²) in [6.07, 6.45) is 0. The zero-order valence-electron chi connectivity index (χ0n) is 30.5. The standard InChI is InChI=1S/C53H35N3/c1-5-18-36(19-6-1)37-20-17-21-39(34-37)52-54-50(38-32-33-48-45(35-38)43-28-14-16-31-47(43)56(48)42-26-11-4-12-27-42)49-51(55-52)44-29-13-15-30-46(44)53(49,40-22-7-2-8-23-40)41-24-9-3-10-25-41/h1-35H. The van der Waals surface area contributed by atoms with Crippen LogP contribution in [0, 0.1) is 0 Å². The van der Waals surface area contributed by atoms with Gasteiger partial charge in [-0.2, -0.15) is 0 Å². The minimum absolute atomic E-state index is 0.665. The molecule has 11 rings (SSSR count). The third-order valence-electron chi connectivity index (χ3n) is 11.5. The van der Waals surface area contributed by atoms with Gasteiger partial charge in [0, 0.05) is 38.7 Å². The average molecular weight is 714 g/mol. The molecule has 0 saturated carbocycles. The minimum atomic E-state index is -0.665. The number of aromatic nitrogens is 3. The van der Waals surface area contributed by atoms with Gasteiger partial charge in [-0.15, -0.1) is 0 Å². The fourth-order valence-electron chi connectivity index (χ4n) is 9.09. The summed E-state index contributed by atoms with van der Waals surface area (Å²) in [4.78, 5) is 11.3. The topological polar surface area (TPSA) is 30.7 Å². The Hall–Kier alpha value is -7.36. The molecular formula is C53H35N3. The van der Waals surface area contributed by atoms with E-state index in [2.05, 4.69) is 217 Å². The van der Waals surface area contributed by atoms with Crippen molar-refractivity contribution in [3.05, 3.63) is 235 Å². The molecule has 0 spiro atoms. The van der Waals surface area contributed by atoms with Crippen LogP contribution in [0.25, 0.3) is 72.5 Å². The predicted octanol–water partition coefficient (Wildman–Crippen LogP) is 12.9. The molecular weight excluding hydrogens is 679 g/mol. The summed E-state index contributed by atoms with van der Waals surface area (Å²) in [5.74, 6) is 0.704. The van der Waals surface area contributed by atoms with Crippen LogP contribution in [0.4, 0.5) is 0 Å². The first-order chi connectivity index (χ1) is 27.8. The zero-order valence-corrected chi connectivity index (χ0v) is 30.5. The molecule has 0 N–H and O–H groups in total. The van der Waals surface area contributed by atoms with Gasteiger partial charge in [-0.25, -0.2) is 9.97 Å². The van der Waals surface area contributed by atoms with Crippen molar-refractivity contribution in [3.8, 4) is 50.7 Å². The molecule has 0 atom stereocenters. The average Bonchev–Trinajstić information content (AvgIpc) is 3.78. The molecule has 0 amide bonds. The Balaban J connectivity index is 1.26. The molecule has 1 aliphatic carbocycles. The van der Waals surface area contributed by atoms with E-state index < -0.39 is 5.41 Å². The van der Waals surface area contributed by atoms with Crippen molar-refractivity contribution >= 4 is 21.8 Å². The lowest BCUT2D eigenvalue weighted by atomic mass is 9.67. The number of para-hydroxylation sites is 2. The van der Waals surface area contributed by atoms with Gasteiger partial charge in [0.25, 0.3) is 0 Å². The summed E-state index contributed by atoms with van der Waals surface area (Å²) < 4.78 is 2.37. The highest BCUT2D eigenvalue weighted by Gasteiger charge is 2.49. The molecule has 0 bridgehead atoms. The van der Waals surface area contributed by atoms with Gasteiger partial charge in [-0.05, 0) is 64.2 Å². The van der Waals surface area contributed by atoms with Crippen molar-refractivity contribution in [1.29, 1.82) is 0 Å². The molecule has 0 fully saturated rings. The van der Waals surface area contributed by atoms with Crippen LogP contribution in [0.1, 0.15) is 22.3 Å². The quantitative estimate of drug-likeness (QED) is 0.172. The van der Waals surface area contributed by atoms with Crippen LogP contribution in [0.3, 0.4) is 0 Å². The van der Waals surface area contributed by atoms with E-state index in [4.69, 9.17) is 9.97 Å². The van der Waals surface area contributed by atoms with Crippen LogP contribution >= 0.6 is 0 Å². The molecule has 262 valence electrons. The Morgan fingerprint density at radius 3 is 1.70 bits per heavy atom. The van der Waals surface area contributed by atoms with Crippen molar-refractivity contribution in [3.63, 3.8) is 0 Å². The van der Waals surface area contributed by atoms with Gasteiger partial charge in [-0.3, -0.25) is 0 Å². The van der Waals surface area contributed by atoms with Crippen molar-refractivity contribution in [1.82, 2.24) is 14.5 Å². The highest BCUT2D eigenvalue weighted by Crippen LogP contribution is 2.58. The van der Waals surface area contributed by atoms with Crippen LogP contribution in [-0.4, -0.2) is 14.5 Å². The van der Waals surface area contributed by atoms with E-state index in [0.29, 0.717) is 5.82 Å². The summed E-state index contributed by atoms with van der Waals surface area (Å²) >= 11 is 0. The summed E-state index contributed by atoms with van der Waals surface area (Å²) in [6.45, 7) is 0. The molecule has 0 unspecified atom stereocenters. The third-order valence-corrected chi connectivity index (χ3v) is 11.5. The first kappa shape index (κ1) is 32.1. The second-order valence-electron chi connectivity index (χ2n) is 14.5. The molecule has 3 nitrogen and oxygen atoms in total. The van der Waals surface area contributed by atoms with Gasteiger partial charge in [-0.1, -0.05) is 176 Å². The van der Waals surface area contributed by atoms with Crippen molar-refractivity contribution in [2.45, 2.75) is 5.41 Å². The lowest BCUT2D eigenvalue weighted by Gasteiger charge is -2.34. The number of rotatable bonds is 6. The Morgan fingerprint density at radius 1 is 0.375 bits per heavy atom. The number of fused-ring (bicyclic) bond motifs is 6. The Bertz CT molecular complexity index is 3020. The van der Waals surface area contributed by atoms with Gasteiger partial charge in [0.05, 0.1) is 27.8 Å². The number of hydrogen-bond acceptors (Lipinski definition) is 2. The zero-order chi connectivity index (χ0) is 37.1. The summed E-state index contributed by atoms with van der Waals surface area (Å²) in [6, 6.07) is 76.1. The summed E-state index contributed by atoms with van der Waals surface area (Å²) in [5.41, 5.74) is 14.8. The maximum atomic E-state index is 5.68. The van der Waals surface area contributed by atoms with E-state index >= 15 is 0 Å². The van der Waals surface area contributed by atoms with Gasteiger partial charge in [0.2, 0.25) is 0 Å². The second-order valence-corrected chi connectivity index (χ2v) is 14.5. The van der Waals surface area contributed by atoms with Crippen molar-refractivity contribution < 1.29 is 0 Å². The first-order valence-electron chi connectivity index (χ1n) is 19.2. The number of benzene rings is 8. The Morgan fingerprint density at radius 2 is 0.946 bits per heavy atom. The van der Waals surface area contributed by atoms with Crippen LogP contribution in [0.5, 0.6) is 0 Å². The third kappa shape index (κ3) is 4.84. The molecule has 56 heavy (non-hydrogen) atoms. The maximum absolute atomic E-state index is 5.68. The van der Waals surface area contributed by atoms with Gasteiger partial charge in [0.15, 0.2) is 5.82 Å². The monoisotopic (exact) mass is 713 g/mol. The second kappa shape index (κ2) is 12.9. The molecule has 2 heterocycles. The van der Waals surface area contributed by atoms with Crippen LogP contribution in [0.15, 0.2) is 212 Å². The van der Waals surface area contributed by atoms with Crippen LogP contribution < -0.4 is 0 Å². The molecule has 8 aromatic carbocycles. The number of nitrogens with zero attached hydrogens (tertiary/aromatic N) is 3. The molecule has 0 radical (unpaired) electrons. The lowest BCUT2D eigenvalue weighted by molar-refractivity contribution is 0.763. The molecule has 2 aromatic heterocycles. The first-order valence-corrected chi connectivity index (χ1v) is 19.2. The van der Waals surface area contributed by atoms with E-state index in [1.165, 1.54) is 33.0 Å². The molecule has 10 aromatic rings. The van der Waals surface area contributed by atoms with Crippen molar-refractivity contribution in [2.75, 3.05) is 0 Å². The van der Waals surface area contributed by atoms with E-state index in [0.717, 1.165) is 56.0 Å². The fraction of sp³-hybridized carbons (Fsp3) is 0.0189. The van der Waals surface area contributed by atoms with Crippen molar-refractivity contribution in [2.24, 2.45) is 0 Å². The Labute approximate surface area is 325 Å². The van der Waals surface area contributed by atoms with Gasteiger partial charge in [0.1, 0.15) is 0 Å². The van der Waals surface area contributed by atoms with Crippen LogP contribution in [0.2, 0.25) is 0 Å². The smallest absolute Gasteiger partial charge is 0.160 e. The molecule has 3 heteroatoms. The fourth-order valence-corrected chi connectivity index (χ4v) is 9.09. The Kier molecular flexibility index (Phi) is 7.39. The van der Waals surface area contributed by atoms with E-state index in [9.17, 15) is 0 Å². The predicted molar refractivity (Wildman–Crippen MR) is 230 cm³/mol. The highest BCUT2D eigenvalue weighted by atomic mass is 15.0. The van der Waals surface area contributed by atoms with E-state index in [1.54, 1.807) is 0 Å². The summed E-state index contributed by atoms with van der Waals surface area (Å²) in [7, 11) is 0. The van der Waals surface area contributed by atoms with Crippen LogP contribution in [-0.2, 0) is 5.41 Å². The van der Waals surface area contributed by atoms with E-state index in [-0.39, 0.29) is 0 Å². The largest absolute Gasteiger partial charge is 0.309 e. The normalized spacial score (nSPS) is 12.8. The molecule has 0 saturated heterocycles. The lowest BCUT2D eigenvalue weighted by Crippen LogP contribution is -2.29. The number of hydrogen-bond donors (Lipinski definition) is 0. The van der Waals surface area contributed by atoms with Gasteiger partial charge >= 0.3 is 0 Å². The molecule has 1 aliphatic rings. The molecule has 0 aliphatic heterocycles. The SMILES string of the molecule is c1ccc(-c2cccc(-c3nc(-c4ccc5c(c4)c4ccccc4n5-c4ccccc4)c4c(n3)-c3ccccc3C4(c3ccccc3)c3ccccc3)c2)cc1. The summed E-state index contributed by atoms with van der Waals surface area (Å²) in [5, 5.41) is 2.39. The maximum Gasteiger partial charge on any atom is 0.160 e. The van der Waals surface area contributed by atoms with E-state index in [1.807, 2.05) is 0 Å². The minimum Gasteiger partial charge on any atom is -0.309 e.